The highest BCUT2D eigenvalue weighted by atomic mass is 35.5. The Morgan fingerprint density at radius 1 is 1.27 bits per heavy atom. The zero-order valence-electron chi connectivity index (χ0n) is 13.1. The molecule has 0 aliphatic heterocycles. The first-order valence-electron chi connectivity index (χ1n) is 7.56. The molecule has 0 bridgehead atoms. The minimum atomic E-state index is -1.12. The van der Waals surface area contributed by atoms with Crippen molar-refractivity contribution in [1.29, 1.82) is 0 Å². The molecule has 1 amide bonds. The number of carbonyl (C=O) groups excluding carboxylic acids is 1. The largest absolute Gasteiger partial charge is 0.478 e. The summed E-state index contributed by atoms with van der Waals surface area (Å²) in [4.78, 5) is 27.8. The van der Waals surface area contributed by atoms with Gasteiger partial charge in [-0.05, 0) is 18.2 Å². The van der Waals surface area contributed by atoms with Crippen molar-refractivity contribution in [2.24, 2.45) is 0 Å². The molecule has 0 radical (unpaired) electrons. The molecule has 4 aromatic rings. The summed E-state index contributed by atoms with van der Waals surface area (Å²) < 4.78 is 7.07. The molecule has 0 atom stereocenters. The third kappa shape index (κ3) is 2.56. The summed E-state index contributed by atoms with van der Waals surface area (Å²) in [6.45, 7) is -0.00439. The molecule has 4 rings (SSSR count). The van der Waals surface area contributed by atoms with Crippen LogP contribution in [0.2, 0.25) is 5.02 Å². The van der Waals surface area contributed by atoms with Crippen molar-refractivity contribution >= 4 is 40.1 Å². The number of furan rings is 1. The van der Waals surface area contributed by atoms with E-state index in [0.717, 1.165) is 0 Å². The van der Waals surface area contributed by atoms with Gasteiger partial charge in [-0.2, -0.15) is 5.10 Å². The van der Waals surface area contributed by atoms with Gasteiger partial charge in [0.1, 0.15) is 22.5 Å². The summed E-state index contributed by atoms with van der Waals surface area (Å²) in [6, 6.07) is 6.38. The molecule has 1 aromatic carbocycles. The number of carboxylic acids is 1. The Kier molecular flexibility index (Phi) is 3.81. The summed E-state index contributed by atoms with van der Waals surface area (Å²) in [5.74, 6) is -1.24. The minimum absolute atomic E-state index is 0.00439. The Hall–Kier alpha value is -3.39. The quantitative estimate of drug-likeness (QED) is 0.571. The monoisotopic (exact) mass is 370 g/mol. The molecule has 2 N–H and O–H groups in total. The van der Waals surface area contributed by atoms with Crippen LogP contribution in [0.5, 0.6) is 0 Å². The van der Waals surface area contributed by atoms with Crippen LogP contribution in [0, 0.1) is 0 Å². The van der Waals surface area contributed by atoms with Gasteiger partial charge in [-0.1, -0.05) is 17.7 Å². The lowest BCUT2D eigenvalue weighted by Crippen LogP contribution is -2.22. The average molecular weight is 371 g/mol. The summed E-state index contributed by atoms with van der Waals surface area (Å²) in [7, 11) is 0. The molecule has 0 saturated heterocycles. The maximum atomic E-state index is 12.4. The topological polar surface area (TPSA) is 110 Å². The molecule has 9 heteroatoms. The molecule has 0 aliphatic carbocycles. The van der Waals surface area contributed by atoms with Gasteiger partial charge in [-0.3, -0.25) is 4.79 Å². The fraction of sp³-hybridized carbons (Fsp3) is 0.0588. The second-order valence-electron chi connectivity index (χ2n) is 5.46. The molecular weight excluding hydrogens is 360 g/mol. The van der Waals surface area contributed by atoms with E-state index >= 15 is 0 Å². The van der Waals surface area contributed by atoms with E-state index in [0.29, 0.717) is 16.6 Å². The average Bonchev–Trinajstić information content (AvgIpc) is 3.21. The lowest BCUT2D eigenvalue weighted by Gasteiger charge is -2.02. The van der Waals surface area contributed by atoms with Gasteiger partial charge in [0.2, 0.25) is 0 Å². The van der Waals surface area contributed by atoms with Crippen molar-refractivity contribution in [2.75, 3.05) is 0 Å². The maximum absolute atomic E-state index is 12.4. The highest BCUT2D eigenvalue weighted by molar-refractivity contribution is 6.36. The van der Waals surface area contributed by atoms with E-state index in [1.54, 1.807) is 30.6 Å². The van der Waals surface area contributed by atoms with E-state index in [2.05, 4.69) is 15.4 Å². The van der Waals surface area contributed by atoms with Crippen LogP contribution in [0.1, 0.15) is 26.5 Å². The lowest BCUT2D eigenvalue weighted by molar-refractivity contribution is 0.0697. The van der Waals surface area contributed by atoms with Gasteiger partial charge >= 0.3 is 5.97 Å². The number of halogens is 1. The molecule has 130 valence electrons. The number of fused-ring (bicyclic) bond motifs is 2. The predicted molar refractivity (Wildman–Crippen MR) is 92.3 cm³/mol. The van der Waals surface area contributed by atoms with Crippen LogP contribution in [0.4, 0.5) is 0 Å². The van der Waals surface area contributed by atoms with Gasteiger partial charge < -0.3 is 14.8 Å². The number of para-hydroxylation sites is 1. The van der Waals surface area contributed by atoms with Crippen LogP contribution < -0.4 is 5.32 Å². The van der Waals surface area contributed by atoms with Gasteiger partial charge in [0.25, 0.3) is 5.91 Å². The van der Waals surface area contributed by atoms with Crippen LogP contribution >= 0.6 is 11.6 Å². The zero-order chi connectivity index (χ0) is 18.3. The lowest BCUT2D eigenvalue weighted by atomic mass is 10.1. The van der Waals surface area contributed by atoms with Gasteiger partial charge in [0, 0.05) is 17.8 Å². The summed E-state index contributed by atoms with van der Waals surface area (Å²) >= 11 is 6.27. The number of aromatic carboxylic acids is 1. The Labute approximate surface area is 151 Å². The molecular formula is C17H11ClN4O4. The first kappa shape index (κ1) is 16.1. The third-order valence-electron chi connectivity index (χ3n) is 3.89. The number of carbonyl (C=O) groups is 2. The van der Waals surface area contributed by atoms with Crippen LogP contribution in [0.3, 0.4) is 0 Å². The van der Waals surface area contributed by atoms with Gasteiger partial charge in [-0.25, -0.2) is 14.3 Å². The van der Waals surface area contributed by atoms with Crippen molar-refractivity contribution in [2.45, 2.75) is 6.54 Å². The van der Waals surface area contributed by atoms with E-state index in [9.17, 15) is 14.7 Å². The summed E-state index contributed by atoms with van der Waals surface area (Å²) in [5, 5.41) is 16.7. The number of nitrogens with one attached hydrogen (secondary N) is 1. The van der Waals surface area contributed by atoms with Crippen LogP contribution in [-0.2, 0) is 6.54 Å². The molecule has 0 spiro atoms. The smallest absolute Gasteiger partial charge is 0.339 e. The normalized spacial score (nSPS) is 11.1. The van der Waals surface area contributed by atoms with Crippen molar-refractivity contribution in [3.63, 3.8) is 0 Å². The van der Waals surface area contributed by atoms with Crippen molar-refractivity contribution < 1.29 is 19.1 Å². The van der Waals surface area contributed by atoms with Crippen LogP contribution in [0.15, 0.2) is 47.3 Å². The zero-order valence-corrected chi connectivity index (χ0v) is 13.9. The Bertz CT molecular complexity index is 1160. The van der Waals surface area contributed by atoms with E-state index in [1.165, 1.54) is 16.8 Å². The van der Waals surface area contributed by atoms with Gasteiger partial charge in [0.05, 0.1) is 17.8 Å². The van der Waals surface area contributed by atoms with E-state index in [-0.39, 0.29) is 28.5 Å². The second-order valence-corrected chi connectivity index (χ2v) is 5.83. The first-order chi connectivity index (χ1) is 12.6. The van der Waals surface area contributed by atoms with Gasteiger partial charge in [-0.15, -0.1) is 0 Å². The Morgan fingerprint density at radius 3 is 2.92 bits per heavy atom. The number of carboxylic acid groups (broad SMARTS) is 1. The number of rotatable bonds is 4. The predicted octanol–water partition coefficient (Wildman–Crippen LogP) is 2.76. The second kappa shape index (κ2) is 6.16. The summed E-state index contributed by atoms with van der Waals surface area (Å²) in [6.07, 6.45) is 4.67. The maximum Gasteiger partial charge on any atom is 0.339 e. The molecule has 0 unspecified atom stereocenters. The third-order valence-corrected chi connectivity index (χ3v) is 4.30. The summed E-state index contributed by atoms with van der Waals surface area (Å²) in [5.41, 5.74) is 0.915. The highest BCUT2D eigenvalue weighted by Crippen LogP contribution is 2.32. The number of benzene rings is 1. The molecule has 26 heavy (non-hydrogen) atoms. The Morgan fingerprint density at radius 2 is 2.12 bits per heavy atom. The van der Waals surface area contributed by atoms with E-state index in [4.69, 9.17) is 16.0 Å². The first-order valence-corrected chi connectivity index (χ1v) is 7.94. The van der Waals surface area contributed by atoms with Crippen LogP contribution in [-0.4, -0.2) is 31.6 Å². The molecule has 0 fully saturated rings. The number of hydrogen-bond acceptors (Lipinski definition) is 5. The number of amides is 1. The number of hydrogen-bond donors (Lipinski definition) is 2. The standard InChI is InChI=1S/C17H11ClN4O4/c18-13-9-3-1-4-10(17(24)25)14(9)26-12(13)8-20-16(23)11-7-21-22-6-2-5-19-15(11)22/h1-7H,8H2,(H,20,23)(H,24,25). The van der Waals surface area contributed by atoms with Crippen molar-refractivity contribution in [1.82, 2.24) is 19.9 Å². The van der Waals surface area contributed by atoms with E-state index < -0.39 is 11.9 Å². The number of aromatic nitrogens is 3. The van der Waals surface area contributed by atoms with Crippen LogP contribution in [0.25, 0.3) is 16.6 Å². The molecule has 3 heterocycles. The fourth-order valence-electron chi connectivity index (χ4n) is 2.66. The fourth-order valence-corrected chi connectivity index (χ4v) is 2.92. The minimum Gasteiger partial charge on any atom is -0.478 e. The van der Waals surface area contributed by atoms with Gasteiger partial charge in [0.15, 0.2) is 5.65 Å². The molecule has 0 saturated carbocycles. The molecule has 3 aromatic heterocycles. The molecule has 8 nitrogen and oxygen atoms in total. The SMILES string of the molecule is O=C(O)c1cccc2c(Cl)c(CNC(=O)c3cnn4cccnc34)oc12. The van der Waals surface area contributed by atoms with Crippen molar-refractivity contribution in [3.8, 4) is 0 Å². The van der Waals surface area contributed by atoms with Crippen molar-refractivity contribution in [3.05, 3.63) is 64.8 Å². The Balaban J connectivity index is 1.62. The number of nitrogens with zero attached hydrogens (tertiary/aromatic N) is 3. The molecule has 0 aliphatic rings. The highest BCUT2D eigenvalue weighted by Gasteiger charge is 2.20. The van der Waals surface area contributed by atoms with E-state index in [1.807, 2.05) is 0 Å².